The third-order valence-corrected chi connectivity index (χ3v) is 4.54. The topological polar surface area (TPSA) is 35.5 Å². The smallest absolute Gasteiger partial charge is 0.154 e. The number of rotatable bonds is 7. The minimum Gasteiger partial charge on any atom is -0.353 e. The number of carbonyl (C=O) groups is 1. The van der Waals surface area contributed by atoms with E-state index in [1.807, 2.05) is 39.0 Å². The van der Waals surface area contributed by atoms with Crippen LogP contribution in [0.15, 0.2) is 37.4 Å². The first-order chi connectivity index (χ1) is 12.6. The lowest BCUT2D eigenvalue weighted by molar-refractivity contribution is -0.123. The fourth-order valence-electron chi connectivity index (χ4n) is 3.41. The first-order valence-corrected chi connectivity index (χ1v) is 9.86. The Morgan fingerprint density at radius 3 is 2.31 bits per heavy atom. The lowest BCUT2D eigenvalue weighted by atomic mass is 9.79. The maximum atomic E-state index is 10.9. The molecule has 3 heteroatoms. The molecule has 0 bridgehead atoms. The Morgan fingerprint density at radius 1 is 1.15 bits per heavy atom. The molecule has 0 radical (unpaired) electrons. The van der Waals surface area contributed by atoms with Crippen LogP contribution in [0.1, 0.15) is 69.3 Å². The fraction of sp³-hybridized carbons (Fsp3) is 0.609. The molecule has 1 fully saturated rings. The molecule has 1 aromatic rings. The summed E-state index contributed by atoms with van der Waals surface area (Å²) < 4.78 is 10.1. The summed E-state index contributed by atoms with van der Waals surface area (Å²) in [5, 5.41) is 0. The summed E-state index contributed by atoms with van der Waals surface area (Å²) in [4.78, 5) is 10.9. The van der Waals surface area contributed by atoms with Gasteiger partial charge in [-0.1, -0.05) is 50.5 Å². The van der Waals surface area contributed by atoms with E-state index < -0.39 is 0 Å². The van der Waals surface area contributed by atoms with Crippen LogP contribution in [-0.2, 0) is 15.9 Å². The van der Waals surface area contributed by atoms with E-state index >= 15 is 0 Å². The van der Waals surface area contributed by atoms with E-state index in [1.165, 1.54) is 31.2 Å². The number of hydrogen-bond acceptors (Lipinski definition) is 3. The van der Waals surface area contributed by atoms with Crippen molar-refractivity contribution in [1.82, 2.24) is 0 Å². The normalized spacial score (nSPS) is 19.0. The molecule has 26 heavy (non-hydrogen) atoms. The van der Waals surface area contributed by atoms with Gasteiger partial charge in [0.1, 0.15) is 6.29 Å². The number of carbonyl (C=O) groups excluding carboxylic acids is 1. The molecule has 0 N–H and O–H groups in total. The quantitative estimate of drug-likeness (QED) is 0.335. The monoisotopic (exact) mass is 362 g/mol. The van der Waals surface area contributed by atoms with Gasteiger partial charge in [-0.25, -0.2) is 0 Å². The van der Waals surface area contributed by atoms with Gasteiger partial charge in [-0.15, -0.1) is 13.2 Å². The number of aldehydes is 1. The first-order valence-electron chi connectivity index (χ1n) is 9.86. The Morgan fingerprint density at radius 2 is 1.77 bits per heavy atom. The lowest BCUT2D eigenvalue weighted by Gasteiger charge is -2.27. The van der Waals surface area contributed by atoms with Crippen molar-refractivity contribution in [2.45, 2.75) is 66.1 Å². The van der Waals surface area contributed by atoms with Crippen molar-refractivity contribution in [2.75, 3.05) is 13.2 Å². The van der Waals surface area contributed by atoms with Crippen LogP contribution in [0.25, 0.3) is 0 Å². The van der Waals surface area contributed by atoms with Gasteiger partial charge in [0.2, 0.25) is 0 Å². The van der Waals surface area contributed by atoms with Gasteiger partial charge in [-0.2, -0.15) is 0 Å². The van der Waals surface area contributed by atoms with Crippen LogP contribution in [0.2, 0.25) is 0 Å². The van der Waals surface area contributed by atoms with Crippen LogP contribution < -0.4 is 0 Å². The Hall–Kier alpha value is -1.45. The highest BCUT2D eigenvalue weighted by Gasteiger charge is 2.19. The van der Waals surface area contributed by atoms with E-state index in [4.69, 9.17) is 9.47 Å². The molecule has 0 amide bonds. The predicted molar refractivity (Wildman–Crippen MR) is 111 cm³/mol. The molecule has 0 aromatic heterocycles. The van der Waals surface area contributed by atoms with Gasteiger partial charge in [0.25, 0.3) is 0 Å². The summed E-state index contributed by atoms with van der Waals surface area (Å²) in [6.45, 7) is 15.6. The zero-order chi connectivity index (χ0) is 19.8. The number of hydrogen-bond donors (Lipinski definition) is 0. The molecule has 2 atom stereocenters. The van der Waals surface area contributed by atoms with E-state index in [2.05, 4.69) is 26.1 Å². The molecule has 0 saturated heterocycles. The predicted octanol–water partition coefficient (Wildman–Crippen LogP) is 6.08. The maximum absolute atomic E-state index is 10.9. The third kappa shape index (κ3) is 10.5. The van der Waals surface area contributed by atoms with E-state index in [0.717, 1.165) is 43.3 Å². The molecule has 3 nitrogen and oxygen atoms in total. The summed E-state index contributed by atoms with van der Waals surface area (Å²) in [6.07, 6.45) is 7.43. The lowest BCUT2D eigenvalue weighted by Crippen LogP contribution is -2.16. The highest BCUT2D eigenvalue weighted by atomic mass is 16.7. The van der Waals surface area contributed by atoms with Crippen LogP contribution in [0, 0.1) is 11.8 Å². The highest BCUT2D eigenvalue weighted by Crippen LogP contribution is 2.31. The Labute approximate surface area is 160 Å². The second-order valence-corrected chi connectivity index (χ2v) is 6.64. The van der Waals surface area contributed by atoms with Crippen molar-refractivity contribution in [3.05, 3.63) is 48.6 Å². The van der Waals surface area contributed by atoms with Crippen LogP contribution in [0.3, 0.4) is 0 Å². The zero-order valence-corrected chi connectivity index (χ0v) is 17.2. The second-order valence-electron chi connectivity index (χ2n) is 6.64. The third-order valence-electron chi connectivity index (χ3n) is 4.54. The highest BCUT2D eigenvalue weighted by molar-refractivity contribution is 5.77. The van der Waals surface area contributed by atoms with Gasteiger partial charge in [0.05, 0.1) is 0 Å². The molecule has 1 saturated carbocycles. The van der Waals surface area contributed by atoms with Crippen molar-refractivity contribution in [3.8, 4) is 0 Å². The second kappa shape index (κ2) is 15.8. The van der Waals surface area contributed by atoms with Gasteiger partial charge >= 0.3 is 0 Å². The molecule has 2 rings (SSSR count). The Kier molecular flexibility index (Phi) is 14.9. The van der Waals surface area contributed by atoms with Crippen molar-refractivity contribution in [1.29, 1.82) is 0 Å². The average molecular weight is 363 g/mol. The zero-order valence-electron chi connectivity index (χ0n) is 17.2. The minimum atomic E-state index is -0.0370. The van der Waals surface area contributed by atoms with Crippen molar-refractivity contribution >= 4 is 6.29 Å². The standard InChI is InChI=1S/C15H20O.C6H14O2.C2H4/c1-12-5-4-6-13(9-12)10-14-7-2-3-8-15(14)11-16;1-4-7-6(3)8-5-2;1-2/h2-3,7-8,11-13H,4-6,9-10H2,1H3;6H,4-5H2,1-3H3;1-2H2. The van der Waals surface area contributed by atoms with Crippen LogP contribution >= 0.6 is 0 Å². The van der Waals surface area contributed by atoms with Crippen LogP contribution in [0.4, 0.5) is 0 Å². The largest absolute Gasteiger partial charge is 0.353 e. The van der Waals surface area contributed by atoms with Gasteiger partial charge in [0.15, 0.2) is 6.29 Å². The minimum absolute atomic E-state index is 0.0370. The van der Waals surface area contributed by atoms with Crippen LogP contribution in [0.5, 0.6) is 0 Å². The molecule has 1 aliphatic rings. The Balaban J connectivity index is 0.000000533. The molecule has 0 spiro atoms. The molecule has 0 aliphatic heterocycles. The fourth-order valence-corrected chi connectivity index (χ4v) is 3.41. The molecule has 1 aromatic carbocycles. The van der Waals surface area contributed by atoms with E-state index in [0.29, 0.717) is 0 Å². The van der Waals surface area contributed by atoms with Gasteiger partial charge in [-0.3, -0.25) is 4.79 Å². The Bertz CT molecular complexity index is 466. The van der Waals surface area contributed by atoms with Crippen molar-refractivity contribution in [3.63, 3.8) is 0 Å². The summed E-state index contributed by atoms with van der Waals surface area (Å²) in [6, 6.07) is 8.00. The molecule has 2 unspecified atom stereocenters. The van der Waals surface area contributed by atoms with E-state index in [9.17, 15) is 4.79 Å². The summed E-state index contributed by atoms with van der Waals surface area (Å²) in [5.41, 5.74) is 2.11. The molecular formula is C23H38O3. The van der Waals surface area contributed by atoms with Crippen molar-refractivity contribution in [2.24, 2.45) is 11.8 Å². The average Bonchev–Trinajstić information content (AvgIpc) is 2.65. The maximum Gasteiger partial charge on any atom is 0.154 e. The van der Waals surface area contributed by atoms with E-state index in [1.54, 1.807) is 0 Å². The van der Waals surface area contributed by atoms with Gasteiger partial charge < -0.3 is 9.47 Å². The SMILES string of the molecule is C=C.CC1CCCC(Cc2ccccc2C=O)C1.CCOC(C)OCC. The molecular weight excluding hydrogens is 324 g/mol. The van der Waals surface area contributed by atoms with Gasteiger partial charge in [-0.05, 0) is 51.0 Å². The number of ether oxygens (including phenoxy) is 2. The summed E-state index contributed by atoms with van der Waals surface area (Å²) in [5.74, 6) is 1.65. The first kappa shape index (κ1) is 24.6. The molecule has 148 valence electrons. The molecule has 1 aliphatic carbocycles. The summed E-state index contributed by atoms with van der Waals surface area (Å²) >= 11 is 0. The van der Waals surface area contributed by atoms with Gasteiger partial charge in [0, 0.05) is 18.8 Å². The van der Waals surface area contributed by atoms with Crippen molar-refractivity contribution < 1.29 is 14.3 Å². The number of benzene rings is 1. The summed E-state index contributed by atoms with van der Waals surface area (Å²) in [7, 11) is 0. The van der Waals surface area contributed by atoms with E-state index in [-0.39, 0.29) is 6.29 Å². The van der Waals surface area contributed by atoms with Crippen LogP contribution in [-0.4, -0.2) is 25.8 Å². The molecule has 0 heterocycles.